The third kappa shape index (κ3) is 3.97. The molecule has 0 aliphatic carbocycles. The first-order valence-electron chi connectivity index (χ1n) is 7.32. The summed E-state index contributed by atoms with van der Waals surface area (Å²) in [6.07, 6.45) is 0.699. The van der Waals surface area contributed by atoms with Crippen molar-refractivity contribution in [3.8, 4) is 22.4 Å². The van der Waals surface area contributed by atoms with Crippen LogP contribution in [0.3, 0.4) is 0 Å². The Bertz CT molecular complexity index is 1100. The first-order valence-corrected chi connectivity index (χ1v) is 10.8. The van der Waals surface area contributed by atoms with Gasteiger partial charge >= 0.3 is 0 Å². The fourth-order valence-corrected chi connectivity index (χ4v) is 4.78. The second-order valence-electron chi connectivity index (χ2n) is 5.66. The largest absolute Gasteiger partial charge is 0.357 e. The second kappa shape index (κ2) is 7.40. The average molecular weight is 525 g/mol. The number of sulfone groups is 1. The molecule has 0 fully saturated rings. The highest BCUT2D eigenvalue weighted by molar-refractivity contribution is 9.11. The van der Waals surface area contributed by atoms with Crippen LogP contribution in [-0.4, -0.2) is 19.8 Å². The number of rotatable bonds is 4. The van der Waals surface area contributed by atoms with Gasteiger partial charge < -0.3 is 4.52 Å². The first-order chi connectivity index (χ1) is 12.6. The molecule has 1 aromatic heterocycles. The first kappa shape index (κ1) is 20.1. The Morgan fingerprint density at radius 1 is 1.00 bits per heavy atom. The van der Waals surface area contributed by atoms with Crippen LogP contribution in [0.5, 0.6) is 0 Å². The average Bonchev–Trinajstić information content (AvgIpc) is 2.95. The number of benzene rings is 2. The summed E-state index contributed by atoms with van der Waals surface area (Å²) in [6, 6.07) is 6.75. The molecule has 3 aromatic rings. The Morgan fingerprint density at radius 2 is 1.56 bits per heavy atom. The van der Waals surface area contributed by atoms with Gasteiger partial charge in [0.05, 0.1) is 5.56 Å². The summed E-state index contributed by atoms with van der Waals surface area (Å²) >= 11 is 6.64. The Hall–Kier alpha value is -1.65. The fraction of sp³-hybridized carbons (Fsp3) is 0.118. The van der Waals surface area contributed by atoms with Gasteiger partial charge in [-0.15, -0.1) is 0 Å². The Labute approximate surface area is 169 Å². The molecular formula is C17H10Br2F3NO3S. The third-order valence-electron chi connectivity index (χ3n) is 3.68. The molecule has 4 nitrogen and oxygen atoms in total. The lowest BCUT2D eigenvalue weighted by atomic mass is 9.99. The molecule has 27 heavy (non-hydrogen) atoms. The summed E-state index contributed by atoms with van der Waals surface area (Å²) in [5, 5.41) is 3.83. The van der Waals surface area contributed by atoms with E-state index in [0.717, 1.165) is 12.1 Å². The smallest absolute Gasteiger partial charge is 0.181 e. The lowest BCUT2D eigenvalue weighted by Gasteiger charge is -2.08. The standard InChI is InChI=1S/C17H10Br2F3NO3S/c1-27(24,25)17-12(21)4-8(5-13(17)22)15-14(7-20)26-23-16(15)9-2-10(18)6-11(19)3-9/h2-6H,7H2,1H3. The van der Waals surface area contributed by atoms with Crippen molar-refractivity contribution in [2.24, 2.45) is 0 Å². The lowest BCUT2D eigenvalue weighted by molar-refractivity contribution is 0.332. The SMILES string of the molecule is CS(=O)(=O)c1c(F)cc(-c2c(-c3cc(Br)cc(Br)c3)noc2CF)cc1F. The van der Waals surface area contributed by atoms with Crippen molar-refractivity contribution >= 4 is 41.7 Å². The van der Waals surface area contributed by atoms with Gasteiger partial charge in [-0.1, -0.05) is 37.0 Å². The summed E-state index contributed by atoms with van der Waals surface area (Å²) in [7, 11) is -4.11. The van der Waals surface area contributed by atoms with E-state index >= 15 is 0 Å². The van der Waals surface area contributed by atoms with Crippen LogP contribution in [0.1, 0.15) is 5.76 Å². The number of hydrogen-bond acceptors (Lipinski definition) is 4. The van der Waals surface area contributed by atoms with Gasteiger partial charge in [-0.3, -0.25) is 0 Å². The molecule has 0 radical (unpaired) electrons. The van der Waals surface area contributed by atoms with Crippen LogP contribution in [0.2, 0.25) is 0 Å². The third-order valence-corrected chi connectivity index (χ3v) is 5.73. The quantitative estimate of drug-likeness (QED) is 0.440. The van der Waals surface area contributed by atoms with E-state index in [-0.39, 0.29) is 22.6 Å². The molecule has 1 heterocycles. The van der Waals surface area contributed by atoms with E-state index in [0.29, 0.717) is 20.8 Å². The van der Waals surface area contributed by atoms with E-state index in [9.17, 15) is 21.6 Å². The number of halogens is 5. The molecule has 0 amide bonds. The van der Waals surface area contributed by atoms with Crippen LogP contribution < -0.4 is 0 Å². The molecule has 0 bridgehead atoms. The molecule has 142 valence electrons. The molecule has 0 atom stereocenters. The molecule has 3 rings (SSSR count). The van der Waals surface area contributed by atoms with Crippen LogP contribution in [0.25, 0.3) is 22.4 Å². The van der Waals surface area contributed by atoms with E-state index in [4.69, 9.17) is 4.52 Å². The van der Waals surface area contributed by atoms with E-state index in [1.54, 1.807) is 18.2 Å². The number of hydrogen-bond donors (Lipinski definition) is 0. The topological polar surface area (TPSA) is 60.2 Å². The van der Waals surface area contributed by atoms with Crippen molar-refractivity contribution < 1.29 is 26.1 Å². The second-order valence-corrected chi connectivity index (χ2v) is 9.45. The van der Waals surface area contributed by atoms with Crippen LogP contribution in [0.15, 0.2) is 48.7 Å². The molecule has 0 N–H and O–H groups in total. The number of alkyl halides is 1. The van der Waals surface area contributed by atoms with Gasteiger partial charge in [0.15, 0.2) is 22.3 Å². The molecule has 0 saturated carbocycles. The van der Waals surface area contributed by atoms with Gasteiger partial charge in [-0.2, -0.15) is 0 Å². The van der Waals surface area contributed by atoms with Crippen LogP contribution in [-0.2, 0) is 16.5 Å². The van der Waals surface area contributed by atoms with E-state index in [1.165, 1.54) is 0 Å². The van der Waals surface area contributed by atoms with Crippen molar-refractivity contribution in [1.82, 2.24) is 5.16 Å². The summed E-state index contributed by atoms with van der Waals surface area (Å²) in [6.45, 7) is -1.06. The number of aromatic nitrogens is 1. The predicted octanol–water partition coefficient (Wildman–Crippen LogP) is 5.68. The van der Waals surface area contributed by atoms with Crippen molar-refractivity contribution in [3.05, 3.63) is 56.7 Å². The van der Waals surface area contributed by atoms with Crippen LogP contribution in [0, 0.1) is 11.6 Å². The minimum Gasteiger partial charge on any atom is -0.357 e. The molecular weight excluding hydrogens is 515 g/mol. The van der Waals surface area contributed by atoms with Gasteiger partial charge in [0.2, 0.25) is 0 Å². The molecule has 0 unspecified atom stereocenters. The maximum absolute atomic E-state index is 14.3. The normalized spacial score (nSPS) is 11.8. The molecule has 0 spiro atoms. The zero-order chi connectivity index (χ0) is 19.9. The molecule has 10 heteroatoms. The molecule has 0 aliphatic rings. The van der Waals surface area contributed by atoms with Crippen molar-refractivity contribution in [3.63, 3.8) is 0 Å². The highest BCUT2D eigenvalue weighted by atomic mass is 79.9. The van der Waals surface area contributed by atoms with E-state index in [1.807, 2.05) is 0 Å². The Morgan fingerprint density at radius 3 is 2.04 bits per heavy atom. The maximum atomic E-state index is 14.3. The minimum atomic E-state index is -4.11. The molecule has 2 aromatic carbocycles. The van der Waals surface area contributed by atoms with Gasteiger partial charge in [0, 0.05) is 20.8 Å². The van der Waals surface area contributed by atoms with E-state index < -0.39 is 33.0 Å². The van der Waals surface area contributed by atoms with Gasteiger partial charge in [-0.05, 0) is 35.9 Å². The minimum absolute atomic E-state index is 0.0420. The predicted molar refractivity (Wildman–Crippen MR) is 101 cm³/mol. The maximum Gasteiger partial charge on any atom is 0.181 e. The summed E-state index contributed by atoms with van der Waals surface area (Å²) < 4.78 is 71.6. The monoisotopic (exact) mass is 523 g/mol. The van der Waals surface area contributed by atoms with Crippen LogP contribution >= 0.6 is 31.9 Å². The van der Waals surface area contributed by atoms with Gasteiger partial charge in [-0.25, -0.2) is 21.6 Å². The van der Waals surface area contributed by atoms with Crippen molar-refractivity contribution in [2.75, 3.05) is 6.26 Å². The fourth-order valence-electron chi connectivity index (χ4n) is 2.66. The Balaban J connectivity index is 2.28. The zero-order valence-electron chi connectivity index (χ0n) is 13.6. The number of nitrogens with zero attached hydrogens (tertiary/aromatic N) is 1. The van der Waals surface area contributed by atoms with Gasteiger partial charge in [0.1, 0.15) is 22.2 Å². The zero-order valence-corrected chi connectivity index (χ0v) is 17.6. The molecule has 0 aliphatic heterocycles. The summed E-state index contributed by atoms with van der Waals surface area (Å²) in [5.41, 5.74) is 0.621. The summed E-state index contributed by atoms with van der Waals surface area (Å²) in [5.74, 6) is -2.79. The van der Waals surface area contributed by atoms with Crippen LogP contribution in [0.4, 0.5) is 13.2 Å². The highest BCUT2D eigenvalue weighted by Gasteiger charge is 2.25. The molecule has 0 saturated heterocycles. The van der Waals surface area contributed by atoms with Gasteiger partial charge in [0.25, 0.3) is 0 Å². The summed E-state index contributed by atoms with van der Waals surface area (Å²) in [4.78, 5) is -1.05. The van der Waals surface area contributed by atoms with E-state index in [2.05, 4.69) is 37.0 Å². The van der Waals surface area contributed by atoms with Crippen molar-refractivity contribution in [1.29, 1.82) is 0 Å². The van der Waals surface area contributed by atoms with Crippen molar-refractivity contribution in [2.45, 2.75) is 11.6 Å². The Kier molecular flexibility index (Phi) is 5.51. The lowest BCUT2D eigenvalue weighted by Crippen LogP contribution is -2.05. The highest BCUT2D eigenvalue weighted by Crippen LogP contribution is 2.38.